The first-order valence-electron chi connectivity index (χ1n) is 17.2. The van der Waals surface area contributed by atoms with Gasteiger partial charge in [0.25, 0.3) is 5.56 Å². The van der Waals surface area contributed by atoms with Crippen LogP contribution in [0.1, 0.15) is 74.5 Å². The number of alkyl carbamates (subject to hydrolysis) is 1. The van der Waals surface area contributed by atoms with Crippen LogP contribution in [0, 0.1) is 11.7 Å². The smallest absolute Gasteiger partial charge is 0.459 e. The van der Waals surface area contributed by atoms with E-state index in [4.69, 9.17) is 28.0 Å². The standard InChI is InChI=1S/C34H49FN5O13P/c1-19(2)14-24(37-33(46)52-34(6,7)8)30(43)36-16-28(41)51-25-15-27(40-17-23(35)29(42)38-32(40)45)50-26(25)18-48-54(47,53-22-12-10-9-11-13-22)39-21(5)31(44)49-20(3)4/h9-13,17,19-21,24-27H,14-16,18H2,1-8H3,(H,36,43)(H,37,46)(H,39,47)(H,38,42,45)/t21-,24-,25-,26+,27+,54-/m0/s1. The van der Waals surface area contributed by atoms with Crippen molar-refractivity contribution in [3.05, 3.63) is 63.2 Å². The van der Waals surface area contributed by atoms with Crippen molar-refractivity contribution in [1.29, 1.82) is 0 Å². The molecular weight excluding hydrogens is 736 g/mol. The van der Waals surface area contributed by atoms with Crippen molar-refractivity contribution in [2.24, 2.45) is 5.92 Å². The van der Waals surface area contributed by atoms with Crippen molar-refractivity contribution in [2.75, 3.05) is 13.2 Å². The number of rotatable bonds is 17. The molecule has 20 heteroatoms. The number of aromatic nitrogens is 2. The average molecular weight is 786 g/mol. The summed E-state index contributed by atoms with van der Waals surface area (Å²) in [5, 5.41) is 7.44. The highest BCUT2D eigenvalue weighted by Gasteiger charge is 2.42. The Morgan fingerprint density at radius 3 is 2.35 bits per heavy atom. The van der Waals surface area contributed by atoms with Crippen molar-refractivity contribution < 1.29 is 56.1 Å². The second-order valence-corrected chi connectivity index (χ2v) is 15.8. The Balaban J connectivity index is 1.81. The van der Waals surface area contributed by atoms with Crippen LogP contribution in [0.3, 0.4) is 0 Å². The third-order valence-electron chi connectivity index (χ3n) is 7.25. The maximum Gasteiger partial charge on any atom is 0.459 e. The number of para-hydroxylation sites is 1. The predicted octanol–water partition coefficient (Wildman–Crippen LogP) is 3.06. The largest absolute Gasteiger partial charge is 0.462 e. The molecule has 0 unspecified atom stereocenters. The summed E-state index contributed by atoms with van der Waals surface area (Å²) in [6, 6.07) is 5.63. The summed E-state index contributed by atoms with van der Waals surface area (Å²) in [5.41, 5.74) is -3.12. The topological polar surface area (TPSA) is 232 Å². The van der Waals surface area contributed by atoms with Gasteiger partial charge < -0.3 is 34.1 Å². The Morgan fingerprint density at radius 2 is 1.74 bits per heavy atom. The number of halogens is 1. The highest BCUT2D eigenvalue weighted by Crippen LogP contribution is 2.46. The van der Waals surface area contributed by atoms with E-state index in [1.165, 1.54) is 19.1 Å². The number of carbonyl (C=O) groups is 4. The van der Waals surface area contributed by atoms with Gasteiger partial charge in [-0.1, -0.05) is 32.0 Å². The Labute approximate surface area is 311 Å². The third kappa shape index (κ3) is 14.0. The van der Waals surface area contributed by atoms with Crippen molar-refractivity contribution in [3.8, 4) is 5.75 Å². The van der Waals surface area contributed by atoms with Gasteiger partial charge in [0.1, 0.15) is 48.4 Å². The lowest BCUT2D eigenvalue weighted by Gasteiger charge is -2.26. The molecule has 1 aliphatic rings. The normalized spacial score (nSPS) is 19.4. The van der Waals surface area contributed by atoms with E-state index in [2.05, 4.69) is 15.7 Å². The minimum absolute atomic E-state index is 0.0303. The number of hydrogen-bond donors (Lipinski definition) is 4. The number of amides is 2. The Morgan fingerprint density at radius 1 is 1.07 bits per heavy atom. The van der Waals surface area contributed by atoms with Gasteiger partial charge in [-0.3, -0.25) is 33.3 Å². The fourth-order valence-electron chi connectivity index (χ4n) is 4.97. The number of hydrogen-bond acceptors (Lipinski definition) is 13. The lowest BCUT2D eigenvalue weighted by molar-refractivity contribution is -0.153. The van der Waals surface area contributed by atoms with Crippen LogP contribution in [0.15, 0.2) is 46.1 Å². The molecule has 0 saturated carbocycles. The summed E-state index contributed by atoms with van der Waals surface area (Å²) in [6.07, 6.45) is -4.64. The molecule has 0 aliphatic carbocycles. The summed E-state index contributed by atoms with van der Waals surface area (Å²) < 4.78 is 62.3. The summed E-state index contributed by atoms with van der Waals surface area (Å²) in [4.78, 5) is 77.2. The van der Waals surface area contributed by atoms with Crippen LogP contribution in [-0.2, 0) is 42.4 Å². The molecular formula is C34H49FN5O13P. The van der Waals surface area contributed by atoms with Gasteiger partial charge in [-0.25, -0.2) is 14.2 Å². The van der Waals surface area contributed by atoms with Crippen LogP contribution in [0.2, 0.25) is 0 Å². The minimum atomic E-state index is -4.45. The number of nitrogens with zero attached hydrogens (tertiary/aromatic N) is 1. The molecule has 2 aromatic rings. The van der Waals surface area contributed by atoms with Gasteiger partial charge in [-0.05, 0) is 66.0 Å². The molecule has 0 radical (unpaired) electrons. The maximum atomic E-state index is 14.2. The molecule has 2 heterocycles. The molecule has 300 valence electrons. The van der Waals surface area contributed by atoms with Gasteiger partial charge in [-0.2, -0.15) is 9.48 Å². The van der Waals surface area contributed by atoms with E-state index >= 15 is 0 Å². The molecule has 3 rings (SSSR count). The van der Waals surface area contributed by atoms with E-state index in [0.29, 0.717) is 6.20 Å². The number of benzene rings is 1. The SMILES string of the molecule is CC(C)C[C@H](NC(=O)OC(C)(C)C)C(=O)NCC(=O)O[C@H]1C[C@H](n2cc(F)c(=O)[nH]c2=O)O[C@@H]1CO[P@@](=O)(N[C@@H](C)C(=O)OC(C)C)Oc1ccccc1. The molecule has 1 aliphatic heterocycles. The molecule has 2 amide bonds. The highest BCUT2D eigenvalue weighted by molar-refractivity contribution is 7.52. The third-order valence-corrected chi connectivity index (χ3v) is 8.90. The van der Waals surface area contributed by atoms with E-state index in [0.717, 1.165) is 4.57 Å². The number of aromatic amines is 1. The lowest BCUT2D eigenvalue weighted by atomic mass is 10.0. The molecule has 0 bridgehead atoms. The molecule has 1 aromatic heterocycles. The fourth-order valence-corrected chi connectivity index (χ4v) is 6.47. The molecule has 4 N–H and O–H groups in total. The van der Waals surface area contributed by atoms with Crippen LogP contribution in [0.25, 0.3) is 0 Å². The lowest BCUT2D eigenvalue weighted by Crippen LogP contribution is -2.50. The van der Waals surface area contributed by atoms with Crippen LogP contribution >= 0.6 is 7.75 Å². The molecule has 1 saturated heterocycles. The minimum Gasteiger partial charge on any atom is -0.462 e. The first-order chi connectivity index (χ1) is 25.1. The summed E-state index contributed by atoms with van der Waals surface area (Å²) in [5.74, 6) is -3.65. The van der Waals surface area contributed by atoms with Gasteiger partial charge in [0, 0.05) is 6.42 Å². The van der Waals surface area contributed by atoms with E-state index in [1.807, 2.05) is 18.8 Å². The Bertz CT molecular complexity index is 1780. The van der Waals surface area contributed by atoms with E-state index in [1.54, 1.807) is 52.8 Å². The van der Waals surface area contributed by atoms with Crippen LogP contribution in [0.4, 0.5) is 9.18 Å². The van der Waals surface area contributed by atoms with Crippen molar-refractivity contribution in [2.45, 2.75) is 110 Å². The number of carbonyl (C=O) groups excluding carboxylic acids is 4. The second kappa shape index (κ2) is 19.1. The molecule has 0 spiro atoms. The Kier molecular flexibility index (Phi) is 15.5. The maximum absolute atomic E-state index is 14.2. The van der Waals surface area contributed by atoms with E-state index in [9.17, 15) is 37.7 Å². The van der Waals surface area contributed by atoms with Gasteiger partial charge >= 0.3 is 31.5 Å². The zero-order valence-electron chi connectivity index (χ0n) is 31.4. The van der Waals surface area contributed by atoms with Gasteiger partial charge in [0.2, 0.25) is 11.7 Å². The first-order valence-corrected chi connectivity index (χ1v) is 18.8. The van der Waals surface area contributed by atoms with Gasteiger partial charge in [-0.15, -0.1) is 0 Å². The molecule has 6 atom stereocenters. The monoisotopic (exact) mass is 785 g/mol. The molecule has 54 heavy (non-hydrogen) atoms. The quantitative estimate of drug-likeness (QED) is 0.103. The number of esters is 2. The molecule has 18 nitrogen and oxygen atoms in total. The molecule has 1 aromatic carbocycles. The van der Waals surface area contributed by atoms with Gasteiger partial charge in [0.05, 0.1) is 18.9 Å². The number of H-pyrrole nitrogens is 1. The van der Waals surface area contributed by atoms with Crippen molar-refractivity contribution in [3.63, 3.8) is 0 Å². The van der Waals surface area contributed by atoms with E-state index < -0.39 is 104 Å². The average Bonchev–Trinajstić information content (AvgIpc) is 3.45. The van der Waals surface area contributed by atoms with Crippen molar-refractivity contribution in [1.82, 2.24) is 25.3 Å². The number of ether oxygens (including phenoxy) is 4. The van der Waals surface area contributed by atoms with Crippen LogP contribution < -0.4 is 31.5 Å². The second-order valence-electron chi connectivity index (χ2n) is 14.1. The van der Waals surface area contributed by atoms with Crippen LogP contribution in [0.5, 0.6) is 5.75 Å². The predicted molar refractivity (Wildman–Crippen MR) is 190 cm³/mol. The summed E-state index contributed by atoms with van der Waals surface area (Å²) >= 11 is 0. The Hall–Kier alpha value is -4.58. The zero-order valence-corrected chi connectivity index (χ0v) is 32.3. The molecule has 1 fully saturated rings. The van der Waals surface area contributed by atoms with Gasteiger partial charge in [0.15, 0.2) is 0 Å². The summed E-state index contributed by atoms with van der Waals surface area (Å²) in [7, 11) is -4.45. The fraction of sp³-hybridized carbons (Fsp3) is 0.588. The summed E-state index contributed by atoms with van der Waals surface area (Å²) in [6.45, 7) is 12.0. The van der Waals surface area contributed by atoms with E-state index in [-0.39, 0.29) is 24.5 Å². The van der Waals surface area contributed by atoms with Crippen LogP contribution in [-0.4, -0.2) is 82.6 Å². The zero-order chi connectivity index (χ0) is 40.4. The number of nitrogens with one attached hydrogen (secondary N) is 4. The first kappa shape index (κ1) is 43.8. The highest BCUT2D eigenvalue weighted by atomic mass is 31.2. The van der Waals surface area contributed by atoms with Crippen molar-refractivity contribution >= 4 is 31.7 Å².